The van der Waals surface area contributed by atoms with Crippen molar-refractivity contribution in [1.29, 1.82) is 0 Å². The van der Waals surface area contributed by atoms with Crippen LogP contribution >= 0.6 is 0 Å². The van der Waals surface area contributed by atoms with E-state index in [-0.39, 0.29) is 11.9 Å². The van der Waals surface area contributed by atoms with Crippen LogP contribution in [-0.2, 0) is 6.54 Å². The van der Waals surface area contributed by atoms with Crippen LogP contribution in [0, 0.1) is 5.92 Å². The molecule has 1 amide bonds. The molecule has 0 aliphatic heterocycles. The minimum atomic E-state index is -0.0653. The monoisotopic (exact) mass is 375 g/mol. The predicted octanol–water partition coefficient (Wildman–Crippen LogP) is 4.14. The van der Waals surface area contributed by atoms with Gasteiger partial charge in [0.2, 0.25) is 0 Å². The van der Waals surface area contributed by atoms with Crippen molar-refractivity contribution < 1.29 is 9.53 Å². The molecule has 1 aromatic heterocycles. The normalized spacial score (nSPS) is 14.5. The number of carbonyl (C=O) groups excluding carboxylic acids is 1. The van der Waals surface area contributed by atoms with Gasteiger partial charge in [0, 0.05) is 17.8 Å². The highest BCUT2D eigenvalue weighted by atomic mass is 16.5. The molecule has 1 aliphatic carbocycles. The lowest BCUT2D eigenvalue weighted by atomic mass is 10.1. The van der Waals surface area contributed by atoms with Gasteiger partial charge in [0.05, 0.1) is 19.2 Å². The molecule has 1 saturated carbocycles. The average Bonchev–Trinajstić information content (AvgIpc) is 3.49. The van der Waals surface area contributed by atoms with Crippen LogP contribution in [0.1, 0.15) is 35.7 Å². The molecule has 0 unspecified atom stereocenters. The molecule has 0 spiro atoms. The first-order valence-electron chi connectivity index (χ1n) is 9.70. The van der Waals surface area contributed by atoms with Gasteiger partial charge in [-0.05, 0) is 55.5 Å². The molecule has 0 bridgehead atoms. The van der Waals surface area contributed by atoms with Crippen molar-refractivity contribution in [3.05, 3.63) is 71.9 Å². The molecule has 5 heteroatoms. The third-order valence-electron chi connectivity index (χ3n) is 5.25. The molecular weight excluding hydrogens is 350 g/mol. The first kappa shape index (κ1) is 18.3. The van der Waals surface area contributed by atoms with Crippen molar-refractivity contribution in [2.45, 2.75) is 32.4 Å². The van der Waals surface area contributed by atoms with Gasteiger partial charge in [-0.3, -0.25) is 9.48 Å². The summed E-state index contributed by atoms with van der Waals surface area (Å²) < 4.78 is 7.09. The molecule has 144 valence electrons. The number of aromatic nitrogens is 2. The fraction of sp³-hybridized carbons (Fsp3) is 0.304. The third-order valence-corrected chi connectivity index (χ3v) is 5.25. The van der Waals surface area contributed by atoms with Gasteiger partial charge in [0.15, 0.2) is 0 Å². The Balaban J connectivity index is 1.65. The minimum Gasteiger partial charge on any atom is -0.497 e. The number of benzene rings is 2. The molecule has 0 saturated heterocycles. The van der Waals surface area contributed by atoms with Crippen LogP contribution in [0.3, 0.4) is 0 Å². The van der Waals surface area contributed by atoms with Gasteiger partial charge in [-0.2, -0.15) is 5.10 Å². The number of hydrogen-bond donors (Lipinski definition) is 1. The smallest absolute Gasteiger partial charge is 0.255 e. The van der Waals surface area contributed by atoms with Crippen molar-refractivity contribution >= 4 is 5.91 Å². The van der Waals surface area contributed by atoms with E-state index in [1.807, 2.05) is 53.3 Å². The van der Waals surface area contributed by atoms with Crippen LogP contribution in [0.15, 0.2) is 60.8 Å². The zero-order valence-electron chi connectivity index (χ0n) is 16.3. The van der Waals surface area contributed by atoms with Crippen LogP contribution in [0.5, 0.6) is 5.75 Å². The summed E-state index contributed by atoms with van der Waals surface area (Å²) in [5.41, 5.74) is 3.34. The lowest BCUT2D eigenvalue weighted by Crippen LogP contribution is -2.34. The number of carbonyl (C=O) groups is 1. The Bertz CT molecular complexity index is 944. The Morgan fingerprint density at radius 2 is 1.89 bits per heavy atom. The van der Waals surface area contributed by atoms with Crippen molar-refractivity contribution in [3.63, 3.8) is 0 Å². The molecule has 5 nitrogen and oxygen atoms in total. The van der Waals surface area contributed by atoms with Crippen LogP contribution in [0.4, 0.5) is 0 Å². The maximum absolute atomic E-state index is 13.0. The van der Waals surface area contributed by atoms with E-state index in [2.05, 4.69) is 24.4 Å². The molecule has 1 N–H and O–H groups in total. The molecule has 2 aromatic carbocycles. The highest BCUT2D eigenvalue weighted by molar-refractivity contribution is 6.00. The summed E-state index contributed by atoms with van der Waals surface area (Å²) in [6, 6.07) is 18.0. The first-order valence-corrected chi connectivity index (χ1v) is 9.70. The standard InChI is InChI=1S/C23H25N3O2/c1-16(18-8-9-18)24-23(27)21-15-26(14-17-6-4-3-5-7-17)25-22(21)19-10-12-20(28-2)13-11-19/h3-7,10-13,15-16,18H,8-9,14H2,1-2H3,(H,24,27)/t16-/m0/s1. The van der Waals surface area contributed by atoms with E-state index in [9.17, 15) is 4.79 Å². The summed E-state index contributed by atoms with van der Waals surface area (Å²) in [6.45, 7) is 2.70. The van der Waals surface area contributed by atoms with Crippen LogP contribution < -0.4 is 10.1 Å². The third kappa shape index (κ3) is 4.09. The Hall–Kier alpha value is -3.08. The van der Waals surface area contributed by atoms with E-state index in [0.717, 1.165) is 16.9 Å². The first-order chi connectivity index (χ1) is 13.6. The SMILES string of the molecule is COc1ccc(-c2nn(Cc3ccccc3)cc2C(=O)N[C@@H](C)C2CC2)cc1. The Labute approximate surface area is 165 Å². The number of hydrogen-bond acceptors (Lipinski definition) is 3. The van der Waals surface area contributed by atoms with Crippen molar-refractivity contribution in [3.8, 4) is 17.0 Å². The van der Waals surface area contributed by atoms with E-state index in [0.29, 0.717) is 23.7 Å². The maximum Gasteiger partial charge on any atom is 0.255 e. The zero-order chi connectivity index (χ0) is 19.5. The second-order valence-corrected chi connectivity index (χ2v) is 7.40. The Morgan fingerprint density at radius 1 is 1.18 bits per heavy atom. The van der Waals surface area contributed by atoms with Gasteiger partial charge >= 0.3 is 0 Å². The van der Waals surface area contributed by atoms with E-state index >= 15 is 0 Å². The zero-order valence-corrected chi connectivity index (χ0v) is 16.3. The van der Waals surface area contributed by atoms with Crippen molar-refractivity contribution in [1.82, 2.24) is 15.1 Å². The van der Waals surface area contributed by atoms with Gasteiger partial charge < -0.3 is 10.1 Å². The summed E-state index contributed by atoms with van der Waals surface area (Å²) in [7, 11) is 1.64. The number of amides is 1. The van der Waals surface area contributed by atoms with Crippen LogP contribution in [-0.4, -0.2) is 28.8 Å². The highest BCUT2D eigenvalue weighted by Crippen LogP contribution is 2.33. The second kappa shape index (κ2) is 7.89. The summed E-state index contributed by atoms with van der Waals surface area (Å²) >= 11 is 0. The van der Waals surface area contributed by atoms with Crippen molar-refractivity contribution in [2.24, 2.45) is 5.92 Å². The fourth-order valence-corrected chi connectivity index (χ4v) is 3.40. The lowest BCUT2D eigenvalue weighted by Gasteiger charge is -2.12. The van der Waals surface area contributed by atoms with Crippen LogP contribution in [0.25, 0.3) is 11.3 Å². The van der Waals surface area contributed by atoms with E-state index in [1.165, 1.54) is 12.8 Å². The van der Waals surface area contributed by atoms with Gasteiger partial charge in [0.25, 0.3) is 5.91 Å². The Kier molecular flexibility index (Phi) is 5.15. The van der Waals surface area contributed by atoms with Crippen molar-refractivity contribution in [2.75, 3.05) is 7.11 Å². The molecule has 0 radical (unpaired) electrons. The van der Waals surface area contributed by atoms with Gasteiger partial charge in [0.1, 0.15) is 11.4 Å². The van der Waals surface area contributed by atoms with Gasteiger partial charge in [-0.15, -0.1) is 0 Å². The summed E-state index contributed by atoms with van der Waals surface area (Å²) in [5.74, 6) is 1.32. The molecule has 3 aromatic rings. The number of methoxy groups -OCH3 is 1. The second-order valence-electron chi connectivity index (χ2n) is 7.40. The molecular formula is C23H25N3O2. The Morgan fingerprint density at radius 3 is 2.54 bits per heavy atom. The molecule has 1 atom stereocenters. The molecule has 1 fully saturated rings. The number of nitrogens with zero attached hydrogens (tertiary/aromatic N) is 2. The number of rotatable bonds is 7. The number of ether oxygens (including phenoxy) is 1. The summed E-state index contributed by atoms with van der Waals surface area (Å²) in [4.78, 5) is 13.0. The van der Waals surface area contributed by atoms with E-state index < -0.39 is 0 Å². The quantitative estimate of drug-likeness (QED) is 0.675. The average molecular weight is 375 g/mol. The topological polar surface area (TPSA) is 56.2 Å². The fourth-order valence-electron chi connectivity index (χ4n) is 3.40. The maximum atomic E-state index is 13.0. The summed E-state index contributed by atoms with van der Waals surface area (Å²) in [5, 5.41) is 7.89. The molecule has 1 aliphatic rings. The van der Waals surface area contributed by atoms with Gasteiger partial charge in [-0.25, -0.2) is 0 Å². The van der Waals surface area contributed by atoms with E-state index in [1.54, 1.807) is 7.11 Å². The molecule has 28 heavy (non-hydrogen) atoms. The van der Waals surface area contributed by atoms with Gasteiger partial charge in [-0.1, -0.05) is 30.3 Å². The highest BCUT2D eigenvalue weighted by Gasteiger charge is 2.30. The minimum absolute atomic E-state index is 0.0653. The molecule has 4 rings (SSSR count). The largest absolute Gasteiger partial charge is 0.497 e. The van der Waals surface area contributed by atoms with Crippen LogP contribution in [0.2, 0.25) is 0 Å². The number of nitrogens with one attached hydrogen (secondary N) is 1. The predicted molar refractivity (Wildman–Crippen MR) is 109 cm³/mol. The van der Waals surface area contributed by atoms with E-state index in [4.69, 9.17) is 9.84 Å². The summed E-state index contributed by atoms with van der Waals surface area (Å²) in [6.07, 6.45) is 4.24. The molecule has 1 heterocycles. The lowest BCUT2D eigenvalue weighted by molar-refractivity contribution is 0.0936.